The molecule has 1 atom stereocenters. The number of carbonyl (C=O) groups excluding carboxylic acids is 5. The molecule has 13 heteroatoms. The van der Waals surface area contributed by atoms with E-state index in [2.05, 4.69) is 33.6 Å². The fourth-order valence-corrected chi connectivity index (χ4v) is 5.79. The zero-order valence-corrected chi connectivity index (χ0v) is 24.0. The second-order valence-electron chi connectivity index (χ2n) is 11.0. The topological polar surface area (TPSA) is 158 Å². The first-order valence-corrected chi connectivity index (χ1v) is 14.4. The molecule has 6 rings (SSSR count). The lowest BCUT2D eigenvalue weighted by Gasteiger charge is -2.38. The number of anilines is 2. The summed E-state index contributed by atoms with van der Waals surface area (Å²) in [5.41, 5.74) is 1.49. The van der Waals surface area contributed by atoms with Gasteiger partial charge in [0.1, 0.15) is 22.5 Å². The number of fused-ring (bicyclic) bond motifs is 1. The Kier molecular flexibility index (Phi) is 6.83. The largest absolute Gasteiger partial charge is 0.369 e. The van der Waals surface area contributed by atoms with Crippen LogP contribution < -0.4 is 15.5 Å². The molecule has 0 bridgehead atoms. The summed E-state index contributed by atoms with van der Waals surface area (Å²) in [6, 6.07) is 7.71. The summed E-state index contributed by atoms with van der Waals surface area (Å²) >= 11 is 1.26. The molecule has 12 nitrogen and oxygen atoms in total. The van der Waals surface area contributed by atoms with E-state index >= 15 is 0 Å². The van der Waals surface area contributed by atoms with Crippen LogP contribution in [0, 0.1) is 29.1 Å². The second kappa shape index (κ2) is 10.5. The first kappa shape index (κ1) is 27.9. The number of nitrogens with zero attached hydrogens (tertiary/aromatic N) is 5. The zero-order valence-electron chi connectivity index (χ0n) is 23.2. The molecule has 43 heavy (non-hydrogen) atoms. The summed E-state index contributed by atoms with van der Waals surface area (Å²) in [4.78, 5) is 66.3. The van der Waals surface area contributed by atoms with Crippen molar-refractivity contribution < 1.29 is 24.0 Å². The lowest BCUT2D eigenvalue weighted by molar-refractivity contribution is -0.136. The molecule has 2 fully saturated rings. The van der Waals surface area contributed by atoms with E-state index in [4.69, 9.17) is 5.26 Å². The van der Waals surface area contributed by atoms with Crippen molar-refractivity contribution in [2.45, 2.75) is 38.3 Å². The number of nitriles is 1. The highest BCUT2D eigenvalue weighted by Gasteiger charge is 2.45. The van der Waals surface area contributed by atoms with Crippen LogP contribution in [-0.2, 0) is 19.9 Å². The Morgan fingerprint density at radius 3 is 2.63 bits per heavy atom. The number of piperidine rings is 1. The van der Waals surface area contributed by atoms with Crippen LogP contribution in [0.5, 0.6) is 0 Å². The molecule has 3 aromatic rings. The Morgan fingerprint density at radius 1 is 1.14 bits per heavy atom. The number of hydrogen-bond donors (Lipinski definition) is 2. The van der Waals surface area contributed by atoms with Crippen molar-refractivity contribution in [3.63, 3.8) is 0 Å². The predicted molar refractivity (Wildman–Crippen MR) is 155 cm³/mol. The van der Waals surface area contributed by atoms with Crippen molar-refractivity contribution >= 4 is 52.2 Å². The molecule has 0 aliphatic carbocycles. The summed E-state index contributed by atoms with van der Waals surface area (Å²) in [7, 11) is 0. The maximum Gasteiger partial charge on any atom is 0.262 e. The standard InChI is InChI=1S/C30H25N7O5S/c1-30(2,29(42)33-19-9-21(11-31)43-16-19)36-15-17(12-32-36)3-4-18-13-35(14-18)20-5-6-22-23(10-20)28(41)37(27(22)40)24-7-8-25(38)34-26(24)39/h5-6,9-10,12,15-16,18,24H,7-8,13-14H2,1-2H3,(H,33,42)(H,34,38,39). The maximum absolute atomic E-state index is 13.1. The van der Waals surface area contributed by atoms with Crippen molar-refractivity contribution in [2.24, 2.45) is 5.92 Å². The number of amides is 5. The Balaban J connectivity index is 1.07. The van der Waals surface area contributed by atoms with Crippen molar-refractivity contribution in [1.82, 2.24) is 20.0 Å². The van der Waals surface area contributed by atoms with Gasteiger partial charge in [-0.05, 0) is 44.5 Å². The van der Waals surface area contributed by atoms with Gasteiger partial charge in [-0.1, -0.05) is 11.8 Å². The smallest absolute Gasteiger partial charge is 0.262 e. The molecule has 5 heterocycles. The van der Waals surface area contributed by atoms with Gasteiger partial charge >= 0.3 is 0 Å². The SMILES string of the molecule is CC(C)(C(=O)Nc1csc(C#N)c1)n1cc(C#CC2CN(c3ccc4c(c3)C(=O)N(C3CCC(=O)NC3=O)C4=O)C2)cn1. The molecular formula is C30H25N7O5S. The van der Waals surface area contributed by atoms with Crippen molar-refractivity contribution in [3.05, 3.63) is 63.6 Å². The first-order chi connectivity index (χ1) is 20.5. The van der Waals surface area contributed by atoms with Crippen molar-refractivity contribution in [3.8, 4) is 17.9 Å². The minimum Gasteiger partial charge on any atom is -0.369 e. The number of nitrogens with one attached hydrogen (secondary N) is 2. The molecule has 1 unspecified atom stereocenters. The van der Waals surface area contributed by atoms with Crippen LogP contribution in [0.4, 0.5) is 11.4 Å². The number of carbonyl (C=O) groups is 5. The average Bonchev–Trinajstić information content (AvgIpc) is 3.68. The minimum absolute atomic E-state index is 0.0677. The van der Waals surface area contributed by atoms with Crippen LogP contribution in [0.1, 0.15) is 57.8 Å². The Labute approximate surface area is 250 Å². The van der Waals surface area contributed by atoms with Gasteiger partial charge in [-0.3, -0.25) is 38.9 Å². The Hall–Kier alpha value is -5.27. The molecule has 2 N–H and O–H groups in total. The van der Waals surface area contributed by atoms with Crippen LogP contribution >= 0.6 is 11.3 Å². The van der Waals surface area contributed by atoms with Gasteiger partial charge in [-0.25, -0.2) is 0 Å². The molecule has 216 valence electrons. The third-order valence-electron chi connectivity index (χ3n) is 7.77. The van der Waals surface area contributed by atoms with Gasteiger partial charge in [0.15, 0.2) is 0 Å². The van der Waals surface area contributed by atoms with Crippen LogP contribution in [-0.4, -0.2) is 63.3 Å². The molecule has 3 aliphatic heterocycles. The lowest BCUT2D eigenvalue weighted by atomic mass is 9.98. The molecule has 2 aromatic heterocycles. The van der Waals surface area contributed by atoms with Gasteiger partial charge in [-0.15, -0.1) is 11.3 Å². The Morgan fingerprint density at radius 2 is 1.91 bits per heavy atom. The van der Waals surface area contributed by atoms with E-state index in [1.165, 1.54) is 11.3 Å². The molecule has 0 spiro atoms. The van der Waals surface area contributed by atoms with Gasteiger partial charge < -0.3 is 10.2 Å². The molecule has 3 aliphatic rings. The van der Waals surface area contributed by atoms with Gasteiger partial charge in [-0.2, -0.15) is 10.4 Å². The maximum atomic E-state index is 13.1. The van der Waals surface area contributed by atoms with E-state index in [1.807, 2.05) is 4.90 Å². The van der Waals surface area contributed by atoms with Gasteiger partial charge in [0.25, 0.3) is 17.7 Å². The fourth-order valence-electron chi connectivity index (χ4n) is 5.16. The van der Waals surface area contributed by atoms with E-state index in [0.717, 1.165) is 10.6 Å². The normalized spacial score (nSPS) is 18.4. The monoisotopic (exact) mass is 595 g/mol. The van der Waals surface area contributed by atoms with E-state index in [1.54, 1.807) is 60.6 Å². The Bertz CT molecular complexity index is 1810. The third-order valence-corrected chi connectivity index (χ3v) is 8.60. The molecule has 0 saturated carbocycles. The summed E-state index contributed by atoms with van der Waals surface area (Å²) < 4.78 is 1.55. The number of aromatic nitrogens is 2. The lowest BCUT2D eigenvalue weighted by Crippen LogP contribution is -2.54. The number of benzene rings is 1. The van der Waals surface area contributed by atoms with E-state index in [-0.39, 0.29) is 35.8 Å². The van der Waals surface area contributed by atoms with Crippen molar-refractivity contribution in [1.29, 1.82) is 5.26 Å². The van der Waals surface area contributed by atoms with E-state index in [9.17, 15) is 24.0 Å². The van der Waals surface area contributed by atoms with Gasteiger partial charge in [0.2, 0.25) is 11.8 Å². The number of imide groups is 2. The molecule has 1 aromatic carbocycles. The first-order valence-electron chi connectivity index (χ1n) is 13.5. The molecule has 2 saturated heterocycles. The number of thiophene rings is 1. The van der Waals surface area contributed by atoms with E-state index in [0.29, 0.717) is 29.2 Å². The van der Waals surface area contributed by atoms with Crippen LogP contribution in [0.3, 0.4) is 0 Å². The summed E-state index contributed by atoms with van der Waals surface area (Å²) in [5.74, 6) is 4.02. The molecular weight excluding hydrogens is 570 g/mol. The van der Waals surface area contributed by atoms with Crippen LogP contribution in [0.2, 0.25) is 0 Å². The number of hydrogen-bond acceptors (Lipinski definition) is 9. The second-order valence-corrected chi connectivity index (χ2v) is 12.0. The predicted octanol–water partition coefficient (Wildman–Crippen LogP) is 2.08. The average molecular weight is 596 g/mol. The molecule has 5 amide bonds. The third kappa shape index (κ3) is 5.04. The summed E-state index contributed by atoms with van der Waals surface area (Å²) in [5, 5.41) is 20.1. The van der Waals surface area contributed by atoms with Crippen molar-refractivity contribution in [2.75, 3.05) is 23.3 Å². The minimum atomic E-state index is -1.000. The number of rotatable bonds is 5. The van der Waals surface area contributed by atoms with Crippen LogP contribution in [0.15, 0.2) is 42.0 Å². The highest BCUT2D eigenvalue weighted by Crippen LogP contribution is 2.33. The zero-order chi connectivity index (χ0) is 30.5. The van der Waals surface area contributed by atoms with E-state index < -0.39 is 35.2 Å². The highest BCUT2D eigenvalue weighted by molar-refractivity contribution is 7.11. The van der Waals surface area contributed by atoms with Gasteiger partial charge in [0.05, 0.1) is 34.5 Å². The summed E-state index contributed by atoms with van der Waals surface area (Å²) in [6.07, 6.45) is 3.50. The fraction of sp³-hybridized carbons (Fsp3) is 0.300. The highest BCUT2D eigenvalue weighted by atomic mass is 32.1. The van der Waals surface area contributed by atoms with Crippen LogP contribution in [0.25, 0.3) is 0 Å². The summed E-state index contributed by atoms with van der Waals surface area (Å²) in [6.45, 7) is 4.73. The molecule has 0 radical (unpaired) electrons. The quantitative estimate of drug-likeness (QED) is 0.335. The van der Waals surface area contributed by atoms with Gasteiger partial charge in [0, 0.05) is 36.8 Å².